The van der Waals surface area contributed by atoms with Gasteiger partial charge in [0.05, 0.1) is 26.7 Å². The number of quaternary nitrogens is 1. The maximum absolute atomic E-state index is 8.63. The highest BCUT2D eigenvalue weighted by molar-refractivity contribution is 7.79. The van der Waals surface area contributed by atoms with E-state index < -0.39 is 10.4 Å². The Balaban J connectivity index is 0. The van der Waals surface area contributed by atoms with Crippen LogP contribution in [0.25, 0.3) is 0 Å². The first-order chi connectivity index (χ1) is 23.7. The van der Waals surface area contributed by atoms with Crippen LogP contribution >= 0.6 is 0 Å². The van der Waals surface area contributed by atoms with Gasteiger partial charge in [0.15, 0.2) is 0 Å². The fourth-order valence-electron chi connectivity index (χ4n) is 7.34. The van der Waals surface area contributed by atoms with Crippen molar-refractivity contribution in [1.29, 1.82) is 0 Å². The van der Waals surface area contributed by atoms with Crippen LogP contribution in [0.1, 0.15) is 252 Å². The Kier molecular flexibility index (Phi) is 42.2. The molecule has 0 aromatic carbocycles. The van der Waals surface area contributed by atoms with Gasteiger partial charge < -0.3 is 9.04 Å². The van der Waals surface area contributed by atoms with Crippen molar-refractivity contribution >= 4 is 10.4 Å². The van der Waals surface area contributed by atoms with Gasteiger partial charge in [0.2, 0.25) is 10.4 Å². The first-order valence-electron chi connectivity index (χ1n) is 22.2. The number of nitrogens with zero attached hydrogens (tertiary/aromatic N) is 1. The van der Waals surface area contributed by atoms with Crippen LogP contribution in [0.15, 0.2) is 0 Å². The highest BCUT2D eigenvalue weighted by Gasteiger charge is 2.20. The SMILES string of the molecule is CCCCCCCCCCCCCC[N+](C)(CCCCCCCCCCCCCC)CCCCCCCCCCCCCC.O=S(=O)([O-])O. The van der Waals surface area contributed by atoms with Crippen LogP contribution in [0.5, 0.6) is 0 Å². The fourth-order valence-corrected chi connectivity index (χ4v) is 7.34. The normalized spacial score (nSPS) is 12.0. The van der Waals surface area contributed by atoms with Crippen molar-refractivity contribution in [1.82, 2.24) is 0 Å². The van der Waals surface area contributed by atoms with Gasteiger partial charge in [-0.1, -0.05) is 213 Å². The summed E-state index contributed by atoms with van der Waals surface area (Å²) >= 11 is 0. The second-order valence-electron chi connectivity index (χ2n) is 15.9. The summed E-state index contributed by atoms with van der Waals surface area (Å²) in [4.78, 5) is 0. The molecule has 0 saturated carbocycles. The summed E-state index contributed by atoms with van der Waals surface area (Å²) in [5.41, 5.74) is 0. The molecule has 0 bridgehead atoms. The van der Waals surface area contributed by atoms with E-state index in [0.717, 1.165) is 0 Å². The minimum Gasteiger partial charge on any atom is -0.726 e. The first kappa shape index (κ1) is 50.9. The molecule has 0 spiro atoms. The van der Waals surface area contributed by atoms with Crippen molar-refractivity contribution in [3.05, 3.63) is 0 Å². The van der Waals surface area contributed by atoms with E-state index in [1.54, 1.807) is 0 Å². The topological polar surface area (TPSA) is 77.4 Å². The number of unbranched alkanes of at least 4 members (excludes halogenated alkanes) is 33. The number of hydrogen-bond donors (Lipinski definition) is 1. The van der Waals surface area contributed by atoms with Crippen LogP contribution in [0.3, 0.4) is 0 Å². The molecule has 0 aromatic rings. The molecule has 1 N–H and O–H groups in total. The summed E-state index contributed by atoms with van der Waals surface area (Å²) in [6, 6.07) is 0. The average molecular weight is 718 g/mol. The van der Waals surface area contributed by atoms with E-state index >= 15 is 0 Å². The Hall–Kier alpha value is -0.170. The molecule has 0 aromatic heterocycles. The van der Waals surface area contributed by atoms with Crippen molar-refractivity contribution in [2.75, 3.05) is 26.7 Å². The number of hydrogen-bond acceptors (Lipinski definition) is 3. The Labute approximate surface area is 310 Å². The van der Waals surface area contributed by atoms with Crippen molar-refractivity contribution in [3.63, 3.8) is 0 Å². The van der Waals surface area contributed by atoms with Crippen LogP contribution in [0.4, 0.5) is 0 Å². The molecule has 0 unspecified atom stereocenters. The molecule has 0 rings (SSSR count). The molecule has 0 atom stereocenters. The molecular weight excluding hydrogens is 627 g/mol. The van der Waals surface area contributed by atoms with Crippen molar-refractivity contribution in [2.24, 2.45) is 0 Å². The van der Waals surface area contributed by atoms with Crippen molar-refractivity contribution < 1.29 is 22.0 Å². The largest absolute Gasteiger partial charge is 0.726 e. The van der Waals surface area contributed by atoms with E-state index in [1.807, 2.05) is 0 Å². The van der Waals surface area contributed by atoms with Gasteiger partial charge in [0.1, 0.15) is 0 Å². The molecule has 5 nitrogen and oxygen atoms in total. The van der Waals surface area contributed by atoms with Crippen LogP contribution < -0.4 is 0 Å². The third-order valence-corrected chi connectivity index (χ3v) is 10.7. The van der Waals surface area contributed by atoms with Gasteiger partial charge in [0.25, 0.3) is 0 Å². The van der Waals surface area contributed by atoms with Gasteiger partial charge in [-0.3, -0.25) is 4.55 Å². The van der Waals surface area contributed by atoms with E-state index in [0.29, 0.717) is 0 Å². The lowest BCUT2D eigenvalue weighted by molar-refractivity contribution is -0.910. The molecular formula is C43H91NO4S. The Morgan fingerprint density at radius 3 is 0.612 bits per heavy atom. The van der Waals surface area contributed by atoms with Gasteiger partial charge in [-0.25, -0.2) is 8.42 Å². The summed E-state index contributed by atoms with van der Waals surface area (Å²) in [5, 5.41) is 0. The molecule has 0 amide bonds. The lowest BCUT2D eigenvalue weighted by atomic mass is 10.0. The summed E-state index contributed by atoms with van der Waals surface area (Å²) in [7, 11) is -2.30. The van der Waals surface area contributed by atoms with Gasteiger partial charge in [0, 0.05) is 0 Å². The maximum Gasteiger partial charge on any atom is 0.215 e. The van der Waals surface area contributed by atoms with Gasteiger partial charge in [-0.15, -0.1) is 0 Å². The summed E-state index contributed by atoms with van der Waals surface area (Å²) in [5.74, 6) is 0. The monoisotopic (exact) mass is 718 g/mol. The van der Waals surface area contributed by atoms with E-state index in [2.05, 4.69) is 27.8 Å². The Morgan fingerprint density at radius 2 is 0.469 bits per heavy atom. The molecule has 0 saturated heterocycles. The molecule has 0 radical (unpaired) electrons. The standard InChI is InChI=1S/C43H90N.H2O4S/c1-5-8-11-14-17-20-23-26-29-32-35-38-41-44(4,42-39-36-33-30-27-24-21-18-15-12-9-6-2)43-40-37-34-31-28-25-22-19-16-13-10-7-3;1-5(2,3)4/h5-43H2,1-4H3;(H2,1,2,3,4)/q+1;/p-1. The molecule has 298 valence electrons. The van der Waals surface area contributed by atoms with Crippen LogP contribution in [-0.2, 0) is 10.4 Å². The zero-order chi connectivity index (χ0) is 36.6. The van der Waals surface area contributed by atoms with Crippen molar-refractivity contribution in [2.45, 2.75) is 252 Å². The summed E-state index contributed by atoms with van der Waals surface area (Å²) in [6.07, 6.45) is 52.7. The first-order valence-corrected chi connectivity index (χ1v) is 23.6. The second-order valence-corrected chi connectivity index (χ2v) is 16.7. The van der Waals surface area contributed by atoms with E-state index in [9.17, 15) is 0 Å². The number of rotatable bonds is 39. The summed E-state index contributed by atoms with van der Waals surface area (Å²) in [6.45, 7) is 11.3. The van der Waals surface area contributed by atoms with Crippen LogP contribution in [0.2, 0.25) is 0 Å². The van der Waals surface area contributed by atoms with E-state index in [-0.39, 0.29) is 0 Å². The smallest absolute Gasteiger partial charge is 0.215 e. The Morgan fingerprint density at radius 1 is 0.347 bits per heavy atom. The molecule has 0 heterocycles. The predicted molar refractivity (Wildman–Crippen MR) is 216 cm³/mol. The fraction of sp³-hybridized carbons (Fsp3) is 1.00. The minimum absolute atomic E-state index is 1.37. The maximum atomic E-state index is 8.63. The van der Waals surface area contributed by atoms with Crippen LogP contribution in [-0.4, -0.2) is 48.7 Å². The molecule has 0 aliphatic rings. The third-order valence-electron chi connectivity index (χ3n) is 10.7. The highest BCUT2D eigenvalue weighted by Crippen LogP contribution is 2.18. The molecule has 6 heteroatoms. The quantitative estimate of drug-likeness (QED) is 0.0297. The molecule has 49 heavy (non-hydrogen) atoms. The third kappa shape index (κ3) is 50.0. The second kappa shape index (κ2) is 40.6. The van der Waals surface area contributed by atoms with E-state index in [1.165, 1.54) is 255 Å². The molecule has 0 aliphatic heterocycles. The average Bonchev–Trinajstić information content (AvgIpc) is 3.05. The zero-order valence-electron chi connectivity index (χ0n) is 34.1. The Bertz CT molecular complexity index is 637. The van der Waals surface area contributed by atoms with Gasteiger partial charge in [-0.05, 0) is 38.5 Å². The zero-order valence-corrected chi connectivity index (χ0v) is 34.9. The van der Waals surface area contributed by atoms with Gasteiger partial charge >= 0.3 is 0 Å². The van der Waals surface area contributed by atoms with Crippen LogP contribution in [0, 0.1) is 0 Å². The lowest BCUT2D eigenvalue weighted by Crippen LogP contribution is -2.46. The lowest BCUT2D eigenvalue weighted by Gasteiger charge is -2.35. The highest BCUT2D eigenvalue weighted by atomic mass is 32.3. The molecule has 0 fully saturated rings. The van der Waals surface area contributed by atoms with E-state index in [4.69, 9.17) is 17.5 Å². The predicted octanol–water partition coefficient (Wildman–Crippen LogP) is 14.5. The molecule has 0 aliphatic carbocycles. The van der Waals surface area contributed by atoms with Crippen molar-refractivity contribution in [3.8, 4) is 0 Å². The summed E-state index contributed by atoms with van der Waals surface area (Å²) < 4.78 is 34.2. The van der Waals surface area contributed by atoms with Gasteiger partial charge in [-0.2, -0.15) is 0 Å². The minimum atomic E-state index is -4.92.